The van der Waals surface area contributed by atoms with Crippen molar-refractivity contribution < 1.29 is 29.0 Å². The van der Waals surface area contributed by atoms with Crippen LogP contribution in [0.15, 0.2) is 35.7 Å². The van der Waals surface area contributed by atoms with E-state index in [1.54, 1.807) is 31.4 Å². The molecule has 0 bridgehead atoms. The van der Waals surface area contributed by atoms with Crippen molar-refractivity contribution in [2.24, 2.45) is 17.8 Å². The number of methoxy groups -OCH3 is 1. The zero-order valence-corrected chi connectivity index (χ0v) is 31.3. The molecule has 1 saturated heterocycles. The number of nitrogens with zero attached hydrogens (tertiary/aromatic N) is 3. The first-order valence-corrected chi connectivity index (χ1v) is 18.5. The van der Waals surface area contributed by atoms with Gasteiger partial charge in [-0.1, -0.05) is 77.8 Å². The number of thiazole rings is 1. The minimum absolute atomic E-state index is 0.0527. The lowest BCUT2D eigenvalue weighted by atomic mass is 9.92. The number of likely N-dealkylation sites (N-methyl/N-ethyl adjacent to an activating group) is 2. The Labute approximate surface area is 296 Å². The van der Waals surface area contributed by atoms with Crippen molar-refractivity contribution in [1.82, 2.24) is 25.4 Å². The Morgan fingerprint density at radius 3 is 2.37 bits per heavy atom. The fourth-order valence-electron chi connectivity index (χ4n) is 6.54. The van der Waals surface area contributed by atoms with Crippen LogP contribution in [0.3, 0.4) is 0 Å². The Morgan fingerprint density at radius 2 is 1.78 bits per heavy atom. The highest BCUT2D eigenvalue weighted by Gasteiger charge is 2.37. The van der Waals surface area contributed by atoms with Crippen molar-refractivity contribution >= 4 is 35.0 Å². The van der Waals surface area contributed by atoms with Gasteiger partial charge in [-0.2, -0.15) is 0 Å². The number of carboxylic acid groups (broad SMARTS) is 1. The van der Waals surface area contributed by atoms with Crippen LogP contribution >= 0.6 is 11.3 Å². The summed E-state index contributed by atoms with van der Waals surface area (Å²) in [4.78, 5) is 60.9. The second-order valence-corrected chi connectivity index (χ2v) is 14.9. The Kier molecular flexibility index (Phi) is 15.7. The molecule has 1 aliphatic rings. The van der Waals surface area contributed by atoms with Crippen LogP contribution in [0.5, 0.6) is 0 Å². The summed E-state index contributed by atoms with van der Waals surface area (Å²) in [5.41, 5.74) is 1.24. The number of piperidine rings is 1. The zero-order chi connectivity index (χ0) is 36.2. The molecular weight excluding hydrogens is 643 g/mol. The van der Waals surface area contributed by atoms with E-state index in [0.29, 0.717) is 17.8 Å². The number of likely N-dealkylation sites (tertiary alicyclic amines) is 1. The molecule has 6 unspecified atom stereocenters. The molecule has 7 atom stereocenters. The summed E-state index contributed by atoms with van der Waals surface area (Å²) < 4.78 is 5.90. The number of hydrogen-bond acceptors (Lipinski definition) is 8. The van der Waals surface area contributed by atoms with Crippen LogP contribution in [0, 0.1) is 17.8 Å². The number of carbonyl (C=O) groups is 4. The molecule has 0 radical (unpaired) electrons. The van der Waals surface area contributed by atoms with Crippen molar-refractivity contribution in [1.29, 1.82) is 0 Å². The number of rotatable bonds is 18. The van der Waals surface area contributed by atoms with Crippen molar-refractivity contribution in [3.63, 3.8) is 0 Å². The highest BCUT2D eigenvalue weighted by Crippen LogP contribution is 2.30. The number of aliphatic carboxylic acids is 1. The predicted octanol–water partition coefficient (Wildman–Crippen LogP) is 5.17. The maximum Gasteiger partial charge on any atom is 0.306 e. The maximum atomic E-state index is 14.1. The van der Waals surface area contributed by atoms with Gasteiger partial charge in [0, 0.05) is 38.0 Å². The highest BCUT2D eigenvalue weighted by molar-refractivity contribution is 7.09. The summed E-state index contributed by atoms with van der Waals surface area (Å²) >= 11 is 1.32. The van der Waals surface area contributed by atoms with Crippen LogP contribution in [0.2, 0.25) is 0 Å². The molecule has 3 N–H and O–H groups in total. The normalized spacial score (nSPS) is 18.9. The van der Waals surface area contributed by atoms with Crippen molar-refractivity contribution in [2.45, 2.75) is 110 Å². The van der Waals surface area contributed by atoms with Gasteiger partial charge in [-0.3, -0.25) is 24.1 Å². The molecule has 0 spiro atoms. The van der Waals surface area contributed by atoms with Crippen LogP contribution in [0.4, 0.5) is 0 Å². The van der Waals surface area contributed by atoms with Gasteiger partial charge in [0.05, 0.1) is 12.0 Å². The van der Waals surface area contributed by atoms with Crippen molar-refractivity contribution in [2.75, 3.05) is 27.7 Å². The van der Waals surface area contributed by atoms with Crippen molar-refractivity contribution in [3.8, 4) is 0 Å². The molecule has 2 heterocycles. The average Bonchev–Trinajstić information content (AvgIpc) is 3.57. The lowest BCUT2D eigenvalue weighted by Crippen LogP contribution is -2.58. The first-order chi connectivity index (χ1) is 23.3. The Hall–Kier alpha value is -3.35. The van der Waals surface area contributed by atoms with Gasteiger partial charge in [0.15, 0.2) is 0 Å². The van der Waals surface area contributed by atoms with E-state index >= 15 is 0 Å². The second-order valence-electron chi connectivity index (χ2n) is 14.0. The molecule has 0 aliphatic carbocycles. The largest absolute Gasteiger partial charge is 0.481 e. The molecular formula is C37H57N5O6S. The topological polar surface area (TPSA) is 141 Å². The Bertz CT molecular complexity index is 1370. The molecule has 3 rings (SSSR count). The number of ether oxygens (including phenoxy) is 1. The van der Waals surface area contributed by atoms with E-state index in [1.807, 2.05) is 51.2 Å². The van der Waals surface area contributed by atoms with E-state index in [-0.39, 0.29) is 53.8 Å². The summed E-state index contributed by atoms with van der Waals surface area (Å²) in [6.45, 7) is 10.6. The molecule has 1 aromatic carbocycles. The molecule has 1 aliphatic heterocycles. The maximum absolute atomic E-state index is 14.1. The van der Waals surface area contributed by atoms with Gasteiger partial charge in [0.1, 0.15) is 22.8 Å². The third-order valence-electron chi connectivity index (χ3n) is 9.95. The van der Waals surface area contributed by atoms with Crippen LogP contribution in [0.1, 0.15) is 100 Å². The second kappa shape index (κ2) is 19.2. The van der Waals surface area contributed by atoms with Gasteiger partial charge in [-0.25, -0.2) is 4.98 Å². The van der Waals surface area contributed by atoms with E-state index in [1.165, 1.54) is 11.3 Å². The quantitative estimate of drug-likeness (QED) is 0.194. The van der Waals surface area contributed by atoms with Crippen molar-refractivity contribution in [3.05, 3.63) is 52.0 Å². The fourth-order valence-corrected chi connectivity index (χ4v) is 7.42. The van der Waals surface area contributed by atoms with Gasteiger partial charge in [0.2, 0.25) is 11.8 Å². The number of amides is 3. The summed E-state index contributed by atoms with van der Waals surface area (Å²) in [5, 5.41) is 17.9. The van der Waals surface area contributed by atoms with Crippen LogP contribution < -0.4 is 10.6 Å². The molecule has 1 fully saturated rings. The van der Waals surface area contributed by atoms with E-state index in [2.05, 4.69) is 34.4 Å². The third-order valence-corrected chi connectivity index (χ3v) is 10.9. The molecule has 3 amide bonds. The van der Waals surface area contributed by atoms with E-state index < -0.39 is 30.1 Å². The molecule has 12 heteroatoms. The van der Waals surface area contributed by atoms with Crippen LogP contribution in [-0.2, 0) is 25.5 Å². The van der Waals surface area contributed by atoms with Gasteiger partial charge in [-0.05, 0) is 56.7 Å². The number of carboxylic acids is 1. The lowest BCUT2D eigenvalue weighted by Gasteiger charge is -2.38. The predicted molar refractivity (Wildman–Crippen MR) is 192 cm³/mol. The number of benzene rings is 1. The first-order valence-electron chi connectivity index (χ1n) is 17.6. The summed E-state index contributed by atoms with van der Waals surface area (Å²) in [6, 6.07) is 8.14. The number of nitrogens with one attached hydrogen (secondary N) is 2. The smallest absolute Gasteiger partial charge is 0.306 e. The average molecular weight is 700 g/mol. The van der Waals surface area contributed by atoms with Crippen LogP contribution in [-0.4, -0.2) is 95.5 Å². The number of aromatic nitrogens is 1. The fraction of sp³-hybridized carbons (Fsp3) is 0.649. The zero-order valence-electron chi connectivity index (χ0n) is 30.5. The molecule has 49 heavy (non-hydrogen) atoms. The molecule has 272 valence electrons. The van der Waals surface area contributed by atoms with Gasteiger partial charge in [-0.15, -0.1) is 11.3 Å². The van der Waals surface area contributed by atoms with E-state index in [9.17, 15) is 24.3 Å². The summed E-state index contributed by atoms with van der Waals surface area (Å²) in [7, 11) is 5.35. The van der Waals surface area contributed by atoms with Gasteiger partial charge >= 0.3 is 5.97 Å². The molecule has 11 nitrogen and oxygen atoms in total. The SMILES string of the molecule is CCC(C)C(NC(=O)[C@H]1CCCCN1C)C(=O)N(C)C(CC(OC)c1nc(C(=O)NC(Cc2ccccc2)CC(C)C(=O)O)cs1)C(C)C. The first kappa shape index (κ1) is 40.1. The number of hydrogen-bond donors (Lipinski definition) is 3. The highest BCUT2D eigenvalue weighted by atomic mass is 32.1. The monoisotopic (exact) mass is 699 g/mol. The molecule has 2 aromatic rings. The number of carbonyl (C=O) groups excluding carboxylic acids is 3. The molecule has 0 saturated carbocycles. The Balaban J connectivity index is 1.74. The van der Waals surface area contributed by atoms with Crippen LogP contribution in [0.25, 0.3) is 0 Å². The lowest BCUT2D eigenvalue weighted by molar-refractivity contribution is -0.141. The Morgan fingerprint density at radius 1 is 1.08 bits per heavy atom. The van der Waals surface area contributed by atoms with Gasteiger partial charge in [0.25, 0.3) is 5.91 Å². The van der Waals surface area contributed by atoms with E-state index in [4.69, 9.17) is 4.74 Å². The summed E-state index contributed by atoms with van der Waals surface area (Å²) in [6.07, 6.45) is 4.33. The standard InChI is InChI=1S/C37H57N5O6S/c1-9-24(4)32(40-34(44)29-17-13-14-18-41(29)6)36(45)42(7)30(23(2)3)21-31(48-8)35-39-28(22-49-35)33(43)38-27(19-25(5)37(46)47)20-26-15-11-10-12-16-26/h10-12,15-16,22-25,27,29-32H,9,13-14,17-21H2,1-8H3,(H,38,43)(H,40,44)(H,46,47)/t24?,25?,27?,29-,30?,31?,32?/m1/s1. The minimum Gasteiger partial charge on any atom is -0.481 e. The third kappa shape index (κ3) is 11.3. The van der Waals surface area contributed by atoms with Gasteiger partial charge < -0.3 is 25.4 Å². The van der Waals surface area contributed by atoms with E-state index in [0.717, 1.165) is 37.8 Å². The minimum atomic E-state index is -0.913. The molecule has 1 aromatic heterocycles. The summed E-state index contributed by atoms with van der Waals surface area (Å²) in [5.74, 6) is -2.13.